The Labute approximate surface area is 115 Å². The Morgan fingerprint density at radius 1 is 1.45 bits per heavy atom. The topological polar surface area (TPSA) is 67.8 Å². The number of rotatable bonds is 8. The van der Waals surface area contributed by atoms with Gasteiger partial charge in [-0.15, -0.1) is 0 Å². The van der Waals surface area contributed by atoms with E-state index in [1.54, 1.807) is 0 Å². The van der Waals surface area contributed by atoms with Gasteiger partial charge >= 0.3 is 0 Å². The average Bonchev–Trinajstić information content (AvgIpc) is 2.38. The molecule has 2 N–H and O–H groups in total. The first-order valence-electron chi connectivity index (χ1n) is 6.03. The third-order valence-corrected chi connectivity index (χ3v) is 2.46. The number of carbonyl (C=O) groups excluding carboxylic acids is 1. The summed E-state index contributed by atoms with van der Waals surface area (Å²) in [7, 11) is 1.47. The molecular formula is C13H17F2NO4. The van der Waals surface area contributed by atoms with Gasteiger partial charge in [0.15, 0.2) is 18.2 Å². The van der Waals surface area contributed by atoms with E-state index < -0.39 is 24.1 Å². The molecule has 1 atom stereocenters. The molecule has 0 saturated heterocycles. The van der Waals surface area contributed by atoms with Gasteiger partial charge in [-0.1, -0.05) is 0 Å². The number of benzene rings is 1. The van der Waals surface area contributed by atoms with Gasteiger partial charge in [0, 0.05) is 19.8 Å². The smallest absolute Gasteiger partial charge is 0.258 e. The quantitative estimate of drug-likeness (QED) is 0.745. The van der Waals surface area contributed by atoms with Crippen LogP contribution in [0.2, 0.25) is 0 Å². The molecule has 0 aliphatic rings. The van der Waals surface area contributed by atoms with E-state index >= 15 is 0 Å². The number of carbonyl (C=O) groups is 1. The van der Waals surface area contributed by atoms with Gasteiger partial charge < -0.3 is 19.9 Å². The fourth-order valence-electron chi connectivity index (χ4n) is 1.56. The van der Waals surface area contributed by atoms with Crippen LogP contribution in [0.5, 0.6) is 5.75 Å². The van der Waals surface area contributed by atoms with Crippen LogP contribution >= 0.6 is 0 Å². The molecule has 0 spiro atoms. The highest BCUT2D eigenvalue weighted by molar-refractivity contribution is 5.77. The van der Waals surface area contributed by atoms with E-state index in [1.165, 1.54) is 7.11 Å². The largest absolute Gasteiger partial charge is 0.481 e. The summed E-state index contributed by atoms with van der Waals surface area (Å²) in [5.41, 5.74) is 0. The maximum atomic E-state index is 13.3. The number of aliphatic hydroxyl groups excluding tert-OH is 1. The molecule has 1 aromatic carbocycles. The van der Waals surface area contributed by atoms with Crippen molar-refractivity contribution in [2.24, 2.45) is 0 Å². The van der Waals surface area contributed by atoms with Crippen molar-refractivity contribution in [3.63, 3.8) is 0 Å². The van der Waals surface area contributed by atoms with Gasteiger partial charge in [-0.2, -0.15) is 0 Å². The molecular weight excluding hydrogens is 272 g/mol. The highest BCUT2D eigenvalue weighted by Crippen LogP contribution is 2.17. The average molecular weight is 289 g/mol. The summed E-state index contributed by atoms with van der Waals surface area (Å²) in [6.07, 6.45) is 0.338. The maximum Gasteiger partial charge on any atom is 0.258 e. The lowest BCUT2D eigenvalue weighted by atomic mass is 10.2. The van der Waals surface area contributed by atoms with Gasteiger partial charge in [0.2, 0.25) is 0 Å². The van der Waals surface area contributed by atoms with Crippen molar-refractivity contribution in [1.29, 1.82) is 0 Å². The lowest BCUT2D eigenvalue weighted by molar-refractivity contribution is -0.124. The number of aliphatic hydroxyl groups is 1. The first kappa shape index (κ1) is 16.3. The number of halogens is 2. The van der Waals surface area contributed by atoms with Crippen LogP contribution < -0.4 is 10.1 Å². The molecule has 0 aliphatic heterocycles. The third-order valence-electron chi connectivity index (χ3n) is 2.46. The second-order valence-corrected chi connectivity index (χ2v) is 4.10. The summed E-state index contributed by atoms with van der Waals surface area (Å²) in [5, 5.41) is 11.4. The molecule has 0 bridgehead atoms. The zero-order chi connectivity index (χ0) is 15.0. The van der Waals surface area contributed by atoms with E-state index in [9.17, 15) is 13.6 Å². The van der Waals surface area contributed by atoms with Crippen LogP contribution in [0.4, 0.5) is 8.78 Å². The predicted octanol–water partition coefficient (Wildman–Crippen LogP) is 0.857. The molecule has 1 rings (SSSR count). The Hall–Kier alpha value is -1.73. The first-order chi connectivity index (χ1) is 9.56. The van der Waals surface area contributed by atoms with Crippen LogP contribution in [-0.4, -0.2) is 44.0 Å². The standard InChI is InChI=1S/C13H17F2NO4/c1-19-7-10(4-5-17)16-13(18)8-20-12-3-2-9(14)6-11(12)15/h2-3,6,10,17H,4-5,7-8H2,1H3,(H,16,18). The molecule has 1 aromatic rings. The van der Waals surface area contributed by atoms with Gasteiger partial charge in [0.1, 0.15) is 5.82 Å². The summed E-state index contributed by atoms with van der Waals surface area (Å²) in [6, 6.07) is 2.47. The second kappa shape index (κ2) is 8.44. The minimum Gasteiger partial charge on any atom is -0.481 e. The molecule has 20 heavy (non-hydrogen) atoms. The van der Waals surface area contributed by atoms with E-state index in [0.717, 1.165) is 12.1 Å². The van der Waals surface area contributed by atoms with Crippen molar-refractivity contribution < 1.29 is 28.2 Å². The molecule has 0 radical (unpaired) electrons. The van der Waals surface area contributed by atoms with Crippen LogP contribution in [0.15, 0.2) is 18.2 Å². The van der Waals surface area contributed by atoms with E-state index in [4.69, 9.17) is 14.6 Å². The first-order valence-corrected chi connectivity index (χ1v) is 6.03. The zero-order valence-corrected chi connectivity index (χ0v) is 11.1. The summed E-state index contributed by atoms with van der Waals surface area (Å²) in [4.78, 5) is 11.6. The van der Waals surface area contributed by atoms with E-state index in [2.05, 4.69) is 5.32 Å². The van der Waals surface area contributed by atoms with Crippen molar-refractivity contribution in [2.45, 2.75) is 12.5 Å². The van der Waals surface area contributed by atoms with E-state index in [1.807, 2.05) is 0 Å². The molecule has 112 valence electrons. The number of hydrogen-bond donors (Lipinski definition) is 2. The van der Waals surface area contributed by atoms with Crippen LogP contribution in [-0.2, 0) is 9.53 Å². The summed E-state index contributed by atoms with van der Waals surface area (Å²) >= 11 is 0. The molecule has 5 nitrogen and oxygen atoms in total. The highest BCUT2D eigenvalue weighted by atomic mass is 19.1. The number of methoxy groups -OCH3 is 1. The third kappa shape index (κ3) is 5.50. The number of nitrogens with one attached hydrogen (secondary N) is 1. The molecule has 0 heterocycles. The molecule has 1 unspecified atom stereocenters. The number of hydrogen-bond acceptors (Lipinski definition) is 4. The fraction of sp³-hybridized carbons (Fsp3) is 0.462. The Morgan fingerprint density at radius 2 is 2.20 bits per heavy atom. The van der Waals surface area contributed by atoms with Crippen molar-refractivity contribution >= 4 is 5.91 Å². The van der Waals surface area contributed by atoms with Crippen molar-refractivity contribution in [2.75, 3.05) is 26.9 Å². The highest BCUT2D eigenvalue weighted by Gasteiger charge is 2.13. The van der Waals surface area contributed by atoms with Gasteiger partial charge in [-0.3, -0.25) is 4.79 Å². The van der Waals surface area contributed by atoms with Gasteiger partial charge in [0.25, 0.3) is 5.91 Å². The van der Waals surface area contributed by atoms with Crippen LogP contribution in [0.25, 0.3) is 0 Å². The summed E-state index contributed by atoms with van der Waals surface area (Å²) in [6.45, 7) is -0.257. The van der Waals surface area contributed by atoms with Crippen LogP contribution in [0, 0.1) is 11.6 Å². The van der Waals surface area contributed by atoms with Crippen molar-refractivity contribution in [1.82, 2.24) is 5.32 Å². The number of amides is 1. The van der Waals surface area contributed by atoms with Crippen molar-refractivity contribution in [3.05, 3.63) is 29.8 Å². The Bertz CT molecular complexity index is 436. The maximum absolute atomic E-state index is 13.3. The predicted molar refractivity (Wildman–Crippen MR) is 67.4 cm³/mol. The minimum absolute atomic E-state index is 0.0955. The fourth-order valence-corrected chi connectivity index (χ4v) is 1.56. The second-order valence-electron chi connectivity index (χ2n) is 4.10. The van der Waals surface area contributed by atoms with Crippen LogP contribution in [0.3, 0.4) is 0 Å². The molecule has 1 amide bonds. The van der Waals surface area contributed by atoms with E-state index in [-0.39, 0.29) is 25.0 Å². The normalized spacial score (nSPS) is 12.0. The van der Waals surface area contributed by atoms with Crippen molar-refractivity contribution in [3.8, 4) is 5.75 Å². The molecule has 7 heteroatoms. The monoisotopic (exact) mass is 289 g/mol. The molecule has 0 fully saturated rings. The van der Waals surface area contributed by atoms with Gasteiger partial charge in [0.05, 0.1) is 12.6 Å². The summed E-state index contributed by atoms with van der Waals surface area (Å²) < 4.78 is 35.8. The lowest BCUT2D eigenvalue weighted by Crippen LogP contribution is -2.41. The minimum atomic E-state index is -0.874. The lowest BCUT2D eigenvalue weighted by Gasteiger charge is -2.17. The zero-order valence-electron chi connectivity index (χ0n) is 11.1. The van der Waals surface area contributed by atoms with Gasteiger partial charge in [-0.25, -0.2) is 8.78 Å². The molecule has 0 aromatic heterocycles. The summed E-state index contributed by atoms with van der Waals surface area (Å²) in [5.74, 6) is -2.28. The number of ether oxygens (including phenoxy) is 2. The van der Waals surface area contributed by atoms with Gasteiger partial charge in [-0.05, 0) is 18.6 Å². The Morgan fingerprint density at radius 3 is 2.80 bits per heavy atom. The Kier molecular flexibility index (Phi) is 6.89. The molecule has 0 aliphatic carbocycles. The molecule has 0 saturated carbocycles. The van der Waals surface area contributed by atoms with E-state index in [0.29, 0.717) is 12.5 Å². The Balaban J connectivity index is 2.45. The SMILES string of the molecule is COCC(CCO)NC(=O)COc1ccc(F)cc1F. The van der Waals surface area contributed by atoms with Crippen LogP contribution in [0.1, 0.15) is 6.42 Å².